The van der Waals surface area contributed by atoms with E-state index in [1.54, 1.807) is 4.90 Å². The van der Waals surface area contributed by atoms with Gasteiger partial charge in [-0.1, -0.05) is 6.92 Å². The van der Waals surface area contributed by atoms with Crippen molar-refractivity contribution in [1.82, 2.24) is 10.2 Å². The van der Waals surface area contributed by atoms with Gasteiger partial charge in [0.1, 0.15) is 0 Å². The van der Waals surface area contributed by atoms with E-state index in [2.05, 4.69) is 12.2 Å². The third-order valence-corrected chi connectivity index (χ3v) is 3.85. The largest absolute Gasteiger partial charge is 0.481 e. The van der Waals surface area contributed by atoms with Crippen LogP contribution in [0.2, 0.25) is 0 Å². The van der Waals surface area contributed by atoms with Gasteiger partial charge in [0.2, 0.25) is 11.8 Å². The van der Waals surface area contributed by atoms with E-state index in [4.69, 9.17) is 5.11 Å². The fraction of sp³-hybridized carbons (Fsp3) is 0.750. The zero-order valence-electron chi connectivity index (χ0n) is 11.1. The third kappa shape index (κ3) is 6.47. The zero-order chi connectivity index (χ0) is 14.3. The molecule has 1 heterocycles. The summed E-state index contributed by atoms with van der Waals surface area (Å²) in [5, 5.41) is 11.1. The molecule has 7 heteroatoms. The van der Waals surface area contributed by atoms with Crippen molar-refractivity contribution >= 4 is 29.5 Å². The monoisotopic (exact) mass is 288 g/mol. The van der Waals surface area contributed by atoms with E-state index in [0.717, 1.165) is 24.7 Å². The molecule has 0 spiro atoms. The number of carbonyl (C=O) groups is 3. The maximum Gasteiger partial charge on any atom is 0.313 e. The molecule has 1 aliphatic rings. The number of piperidine rings is 1. The van der Waals surface area contributed by atoms with Crippen LogP contribution in [0.15, 0.2) is 0 Å². The lowest BCUT2D eigenvalue weighted by Crippen LogP contribution is -2.43. The molecule has 0 saturated carbocycles. The molecule has 0 bridgehead atoms. The Kier molecular flexibility index (Phi) is 6.69. The predicted molar refractivity (Wildman–Crippen MR) is 72.9 cm³/mol. The molecular weight excluding hydrogens is 268 g/mol. The lowest BCUT2D eigenvalue weighted by atomic mass is 9.99. The highest BCUT2D eigenvalue weighted by Gasteiger charge is 2.22. The molecule has 2 N–H and O–H groups in total. The number of carbonyl (C=O) groups excluding carboxylic acids is 2. The summed E-state index contributed by atoms with van der Waals surface area (Å²) in [5.41, 5.74) is 0. The number of hydrogen-bond donors (Lipinski definition) is 2. The summed E-state index contributed by atoms with van der Waals surface area (Å²) in [5.74, 6) is -0.457. The van der Waals surface area contributed by atoms with Gasteiger partial charge in [0.25, 0.3) is 0 Å². The van der Waals surface area contributed by atoms with Crippen molar-refractivity contribution in [2.75, 3.05) is 31.1 Å². The number of hydrogen-bond acceptors (Lipinski definition) is 4. The maximum absolute atomic E-state index is 11.7. The van der Waals surface area contributed by atoms with Crippen molar-refractivity contribution in [1.29, 1.82) is 0 Å². The lowest BCUT2D eigenvalue weighted by molar-refractivity contribution is -0.135. The van der Waals surface area contributed by atoms with Gasteiger partial charge in [0, 0.05) is 26.1 Å². The van der Waals surface area contributed by atoms with Crippen molar-refractivity contribution < 1.29 is 19.5 Å². The summed E-state index contributed by atoms with van der Waals surface area (Å²) in [6.07, 6.45) is 1.59. The van der Waals surface area contributed by atoms with Crippen LogP contribution in [0.3, 0.4) is 0 Å². The first kappa shape index (κ1) is 15.8. The molecule has 1 fully saturated rings. The Balaban J connectivity index is 2.11. The van der Waals surface area contributed by atoms with Crippen molar-refractivity contribution in [3.8, 4) is 0 Å². The van der Waals surface area contributed by atoms with Gasteiger partial charge in [-0.3, -0.25) is 14.4 Å². The minimum absolute atomic E-state index is 0.0735. The summed E-state index contributed by atoms with van der Waals surface area (Å²) < 4.78 is 0. The van der Waals surface area contributed by atoms with Crippen LogP contribution in [-0.4, -0.2) is 58.9 Å². The van der Waals surface area contributed by atoms with Gasteiger partial charge in [-0.25, -0.2) is 0 Å². The highest BCUT2D eigenvalue weighted by Crippen LogP contribution is 2.16. The number of amides is 2. The molecule has 1 atom stereocenters. The average molecular weight is 288 g/mol. The van der Waals surface area contributed by atoms with Gasteiger partial charge in [-0.05, 0) is 12.3 Å². The van der Waals surface area contributed by atoms with Crippen LogP contribution in [0.25, 0.3) is 0 Å². The topological polar surface area (TPSA) is 86.7 Å². The second-order valence-corrected chi connectivity index (χ2v) is 5.70. The maximum atomic E-state index is 11.7. The lowest BCUT2D eigenvalue weighted by Gasteiger charge is -2.30. The first-order valence-electron chi connectivity index (χ1n) is 6.33. The predicted octanol–water partition coefficient (Wildman–Crippen LogP) is 0.179. The van der Waals surface area contributed by atoms with E-state index >= 15 is 0 Å². The molecule has 0 aromatic carbocycles. The number of nitrogens with one attached hydrogen (secondary N) is 1. The Morgan fingerprint density at radius 2 is 2.21 bits per heavy atom. The van der Waals surface area contributed by atoms with Crippen molar-refractivity contribution in [3.05, 3.63) is 0 Å². The van der Waals surface area contributed by atoms with E-state index in [9.17, 15) is 14.4 Å². The standard InChI is InChI=1S/C12H20N2O4S/c1-9-2-4-14(11(16)6-9)5-3-13-10(15)7-19-8-12(17)18/h9H,2-8H2,1H3,(H,13,15)(H,17,18)/t9-/m0/s1. The number of aliphatic carboxylic acids is 1. The van der Waals surface area contributed by atoms with Crippen molar-refractivity contribution in [3.63, 3.8) is 0 Å². The van der Waals surface area contributed by atoms with Gasteiger partial charge >= 0.3 is 5.97 Å². The number of thioether (sulfide) groups is 1. The second-order valence-electron chi connectivity index (χ2n) is 4.72. The van der Waals surface area contributed by atoms with Gasteiger partial charge in [0.15, 0.2) is 0 Å². The third-order valence-electron chi connectivity index (χ3n) is 2.93. The van der Waals surface area contributed by atoms with Crippen molar-refractivity contribution in [2.24, 2.45) is 5.92 Å². The molecule has 1 aliphatic heterocycles. The Hall–Kier alpha value is -1.24. The van der Waals surface area contributed by atoms with E-state index in [1.165, 1.54) is 0 Å². The fourth-order valence-corrected chi connectivity index (χ4v) is 2.44. The number of carboxylic acids is 1. The fourth-order valence-electron chi connectivity index (χ4n) is 1.88. The SMILES string of the molecule is C[C@H]1CCN(CCNC(=O)CSCC(=O)O)C(=O)C1. The zero-order valence-corrected chi connectivity index (χ0v) is 11.9. The van der Waals surface area contributed by atoms with Crippen molar-refractivity contribution in [2.45, 2.75) is 19.8 Å². The molecule has 108 valence electrons. The highest BCUT2D eigenvalue weighted by atomic mass is 32.2. The molecule has 0 radical (unpaired) electrons. The van der Waals surface area contributed by atoms with E-state index < -0.39 is 5.97 Å². The Labute approximate surface area is 116 Å². The van der Waals surface area contributed by atoms with Crippen LogP contribution in [0.1, 0.15) is 19.8 Å². The minimum Gasteiger partial charge on any atom is -0.481 e. The van der Waals surface area contributed by atoms with Crippen LogP contribution in [0.4, 0.5) is 0 Å². The van der Waals surface area contributed by atoms with E-state index in [1.807, 2.05) is 0 Å². The molecule has 2 amide bonds. The number of rotatable bonds is 7. The van der Waals surface area contributed by atoms with Crippen LogP contribution in [0.5, 0.6) is 0 Å². The molecule has 0 aromatic rings. The molecule has 0 unspecified atom stereocenters. The Bertz CT molecular complexity index is 349. The second kappa shape index (κ2) is 8.04. The van der Waals surface area contributed by atoms with E-state index in [0.29, 0.717) is 25.4 Å². The summed E-state index contributed by atoms with van der Waals surface area (Å²) in [4.78, 5) is 35.1. The minimum atomic E-state index is -0.925. The first-order chi connectivity index (χ1) is 8.99. The molecular formula is C12H20N2O4S. The van der Waals surface area contributed by atoms with Gasteiger partial charge < -0.3 is 15.3 Å². The van der Waals surface area contributed by atoms with E-state index in [-0.39, 0.29) is 23.3 Å². The Morgan fingerprint density at radius 1 is 1.47 bits per heavy atom. The average Bonchev–Trinajstić information content (AvgIpc) is 2.31. The summed E-state index contributed by atoms with van der Waals surface area (Å²) in [6.45, 7) is 3.77. The normalized spacial score (nSPS) is 19.3. The first-order valence-corrected chi connectivity index (χ1v) is 7.48. The Morgan fingerprint density at radius 3 is 2.84 bits per heavy atom. The molecule has 0 aromatic heterocycles. The molecule has 19 heavy (non-hydrogen) atoms. The van der Waals surface area contributed by atoms with Crippen LogP contribution < -0.4 is 5.32 Å². The quantitative estimate of drug-likeness (QED) is 0.698. The summed E-state index contributed by atoms with van der Waals surface area (Å²) >= 11 is 1.06. The van der Waals surface area contributed by atoms with Gasteiger partial charge in [-0.15, -0.1) is 11.8 Å². The molecule has 1 saturated heterocycles. The van der Waals surface area contributed by atoms with Crippen LogP contribution in [0, 0.1) is 5.92 Å². The molecule has 0 aliphatic carbocycles. The number of carboxylic acid groups (broad SMARTS) is 1. The highest BCUT2D eigenvalue weighted by molar-refractivity contribution is 8.00. The number of likely N-dealkylation sites (tertiary alicyclic amines) is 1. The van der Waals surface area contributed by atoms with Crippen LogP contribution >= 0.6 is 11.8 Å². The van der Waals surface area contributed by atoms with Gasteiger partial charge in [0.05, 0.1) is 11.5 Å². The summed E-state index contributed by atoms with van der Waals surface area (Å²) in [6, 6.07) is 0. The molecule has 1 rings (SSSR count). The smallest absolute Gasteiger partial charge is 0.313 e. The number of nitrogens with zero attached hydrogens (tertiary/aromatic N) is 1. The van der Waals surface area contributed by atoms with Crippen LogP contribution in [-0.2, 0) is 14.4 Å². The molecule has 6 nitrogen and oxygen atoms in total. The summed E-state index contributed by atoms with van der Waals surface area (Å²) in [7, 11) is 0. The van der Waals surface area contributed by atoms with Gasteiger partial charge in [-0.2, -0.15) is 0 Å².